The van der Waals surface area contributed by atoms with Gasteiger partial charge in [0.2, 0.25) is 0 Å². The van der Waals surface area contributed by atoms with E-state index in [0.717, 1.165) is 23.0 Å². The highest BCUT2D eigenvalue weighted by atomic mass is 16.5. The number of carboxylic acid groups (broad SMARTS) is 1. The summed E-state index contributed by atoms with van der Waals surface area (Å²) < 4.78 is 5.79. The maximum atomic E-state index is 10.6. The normalized spacial score (nSPS) is 10.8. The van der Waals surface area contributed by atoms with Crippen LogP contribution in [0.5, 0.6) is 5.75 Å². The number of aliphatic carboxylic acids is 1. The number of benzene rings is 2. The minimum Gasteiger partial charge on any atom is -0.489 e. The average molecular weight is 282 g/mol. The first-order valence-electron chi connectivity index (χ1n) is 6.75. The molecule has 0 aliphatic carbocycles. The van der Waals surface area contributed by atoms with Crippen LogP contribution in [0, 0.1) is 13.8 Å². The van der Waals surface area contributed by atoms with Gasteiger partial charge in [-0.05, 0) is 54.3 Å². The van der Waals surface area contributed by atoms with E-state index in [1.807, 2.05) is 49.4 Å². The highest BCUT2D eigenvalue weighted by Crippen LogP contribution is 2.19. The van der Waals surface area contributed by atoms with Gasteiger partial charge >= 0.3 is 5.97 Å². The van der Waals surface area contributed by atoms with Crippen molar-refractivity contribution < 1.29 is 14.6 Å². The number of aryl methyl sites for hydroxylation is 2. The Morgan fingerprint density at radius 1 is 1.14 bits per heavy atom. The maximum Gasteiger partial charge on any atom is 0.328 e. The highest BCUT2D eigenvalue weighted by molar-refractivity contribution is 5.85. The lowest BCUT2D eigenvalue weighted by molar-refractivity contribution is -0.131. The van der Waals surface area contributed by atoms with Crippen LogP contribution in [-0.2, 0) is 11.4 Å². The molecule has 0 fully saturated rings. The van der Waals surface area contributed by atoms with Crippen LogP contribution >= 0.6 is 0 Å². The molecule has 0 atom stereocenters. The van der Waals surface area contributed by atoms with Crippen LogP contribution < -0.4 is 4.74 Å². The van der Waals surface area contributed by atoms with Crippen LogP contribution in [-0.4, -0.2) is 11.1 Å². The Labute approximate surface area is 124 Å². The van der Waals surface area contributed by atoms with Gasteiger partial charge in [0.1, 0.15) is 12.4 Å². The van der Waals surface area contributed by atoms with E-state index in [4.69, 9.17) is 9.84 Å². The summed E-state index contributed by atoms with van der Waals surface area (Å²) in [7, 11) is 0. The van der Waals surface area contributed by atoms with E-state index in [2.05, 4.69) is 6.92 Å². The molecule has 0 saturated heterocycles. The van der Waals surface area contributed by atoms with Crippen LogP contribution in [0.2, 0.25) is 0 Å². The third-order valence-electron chi connectivity index (χ3n) is 3.33. The summed E-state index contributed by atoms with van der Waals surface area (Å²) in [5, 5.41) is 8.71. The molecule has 0 aromatic heterocycles. The topological polar surface area (TPSA) is 46.5 Å². The third-order valence-corrected chi connectivity index (χ3v) is 3.33. The van der Waals surface area contributed by atoms with E-state index in [1.54, 1.807) is 6.08 Å². The van der Waals surface area contributed by atoms with Crippen LogP contribution in [0.15, 0.2) is 48.5 Å². The van der Waals surface area contributed by atoms with Crippen LogP contribution in [0.25, 0.3) is 6.08 Å². The predicted octanol–water partition coefficient (Wildman–Crippen LogP) is 3.98. The highest BCUT2D eigenvalue weighted by Gasteiger charge is 2.02. The maximum absolute atomic E-state index is 10.6. The first kappa shape index (κ1) is 14.9. The Balaban J connectivity index is 2.12. The van der Waals surface area contributed by atoms with Crippen LogP contribution in [0.3, 0.4) is 0 Å². The Kier molecular flexibility index (Phi) is 4.77. The first-order chi connectivity index (χ1) is 10.1. The van der Waals surface area contributed by atoms with Crippen molar-refractivity contribution in [3.05, 3.63) is 70.8 Å². The lowest BCUT2D eigenvalue weighted by atomic mass is 10.1. The molecule has 0 saturated carbocycles. The molecule has 0 heterocycles. The lowest BCUT2D eigenvalue weighted by Crippen LogP contribution is -1.98. The second kappa shape index (κ2) is 6.75. The summed E-state index contributed by atoms with van der Waals surface area (Å²) in [5.74, 6) is -0.144. The molecule has 108 valence electrons. The fourth-order valence-corrected chi connectivity index (χ4v) is 1.95. The first-order valence-corrected chi connectivity index (χ1v) is 6.75. The number of carboxylic acids is 1. The smallest absolute Gasteiger partial charge is 0.328 e. The summed E-state index contributed by atoms with van der Waals surface area (Å²) >= 11 is 0. The minimum atomic E-state index is -0.958. The van der Waals surface area contributed by atoms with Gasteiger partial charge in [0, 0.05) is 6.08 Å². The quantitative estimate of drug-likeness (QED) is 0.844. The Morgan fingerprint density at radius 3 is 2.62 bits per heavy atom. The second-order valence-corrected chi connectivity index (χ2v) is 4.91. The average Bonchev–Trinajstić information content (AvgIpc) is 2.47. The molecule has 0 amide bonds. The van der Waals surface area contributed by atoms with Crippen molar-refractivity contribution in [2.24, 2.45) is 0 Å². The molecule has 3 heteroatoms. The van der Waals surface area contributed by atoms with Gasteiger partial charge in [0.05, 0.1) is 0 Å². The molecule has 2 rings (SSSR count). The van der Waals surface area contributed by atoms with Gasteiger partial charge in [0.15, 0.2) is 0 Å². The molecular weight excluding hydrogens is 264 g/mol. The fraction of sp³-hybridized carbons (Fsp3) is 0.167. The Morgan fingerprint density at radius 2 is 1.90 bits per heavy atom. The van der Waals surface area contributed by atoms with Gasteiger partial charge in [-0.1, -0.05) is 30.3 Å². The molecule has 0 bridgehead atoms. The number of carbonyl (C=O) groups is 1. The molecule has 1 N–H and O–H groups in total. The summed E-state index contributed by atoms with van der Waals surface area (Å²) in [6.45, 7) is 4.51. The van der Waals surface area contributed by atoms with Crippen molar-refractivity contribution in [3.8, 4) is 5.75 Å². The summed E-state index contributed by atoms with van der Waals surface area (Å²) in [5.41, 5.74) is 4.22. The lowest BCUT2D eigenvalue weighted by Gasteiger charge is -2.10. The monoisotopic (exact) mass is 282 g/mol. The van der Waals surface area contributed by atoms with Crippen LogP contribution in [0.4, 0.5) is 0 Å². The molecule has 2 aromatic carbocycles. The molecular formula is C18H18O3. The molecule has 0 spiro atoms. The summed E-state index contributed by atoms with van der Waals surface area (Å²) in [6.07, 6.45) is 2.72. The predicted molar refractivity (Wildman–Crippen MR) is 83.4 cm³/mol. The number of hydrogen-bond acceptors (Lipinski definition) is 2. The molecule has 0 radical (unpaired) electrons. The number of rotatable bonds is 5. The van der Waals surface area contributed by atoms with E-state index in [0.29, 0.717) is 6.61 Å². The Bertz CT molecular complexity index is 672. The van der Waals surface area contributed by atoms with E-state index < -0.39 is 5.97 Å². The van der Waals surface area contributed by atoms with Crippen molar-refractivity contribution in [2.45, 2.75) is 20.5 Å². The third kappa shape index (κ3) is 4.21. The van der Waals surface area contributed by atoms with Crippen molar-refractivity contribution in [2.75, 3.05) is 0 Å². The molecule has 0 aliphatic rings. The number of ether oxygens (including phenoxy) is 1. The zero-order valence-corrected chi connectivity index (χ0v) is 12.2. The number of hydrogen-bond donors (Lipinski definition) is 1. The van der Waals surface area contributed by atoms with Crippen molar-refractivity contribution in [3.63, 3.8) is 0 Å². The molecule has 0 aliphatic heterocycles. The zero-order chi connectivity index (χ0) is 15.2. The summed E-state index contributed by atoms with van der Waals surface area (Å²) in [6, 6.07) is 13.6. The van der Waals surface area contributed by atoms with E-state index in [1.165, 1.54) is 11.1 Å². The fourth-order valence-electron chi connectivity index (χ4n) is 1.95. The zero-order valence-electron chi connectivity index (χ0n) is 12.2. The standard InChI is InChI=1S/C18H18O3/c1-13-7-9-17(11-14(13)2)21-12-16-6-4-3-5-15(16)8-10-18(19)20/h3-11H,12H2,1-2H3,(H,19,20). The Hall–Kier alpha value is -2.55. The summed E-state index contributed by atoms with van der Waals surface area (Å²) in [4.78, 5) is 10.6. The van der Waals surface area contributed by atoms with Gasteiger partial charge in [0.25, 0.3) is 0 Å². The van der Waals surface area contributed by atoms with Gasteiger partial charge < -0.3 is 9.84 Å². The molecule has 3 nitrogen and oxygen atoms in total. The SMILES string of the molecule is Cc1ccc(OCc2ccccc2C=CC(=O)O)cc1C. The largest absolute Gasteiger partial charge is 0.489 e. The van der Waals surface area contributed by atoms with E-state index in [-0.39, 0.29) is 0 Å². The second-order valence-electron chi connectivity index (χ2n) is 4.91. The van der Waals surface area contributed by atoms with Gasteiger partial charge in [-0.3, -0.25) is 0 Å². The molecule has 2 aromatic rings. The van der Waals surface area contributed by atoms with E-state index >= 15 is 0 Å². The minimum absolute atomic E-state index is 0.405. The van der Waals surface area contributed by atoms with Crippen molar-refractivity contribution in [1.29, 1.82) is 0 Å². The van der Waals surface area contributed by atoms with Crippen LogP contribution in [0.1, 0.15) is 22.3 Å². The van der Waals surface area contributed by atoms with Gasteiger partial charge in [-0.25, -0.2) is 4.79 Å². The van der Waals surface area contributed by atoms with Crippen molar-refractivity contribution in [1.82, 2.24) is 0 Å². The molecule has 21 heavy (non-hydrogen) atoms. The van der Waals surface area contributed by atoms with Crippen molar-refractivity contribution >= 4 is 12.0 Å². The van der Waals surface area contributed by atoms with E-state index in [9.17, 15) is 4.79 Å². The van der Waals surface area contributed by atoms with Gasteiger partial charge in [-0.15, -0.1) is 0 Å². The van der Waals surface area contributed by atoms with Gasteiger partial charge in [-0.2, -0.15) is 0 Å². The molecule has 0 unspecified atom stereocenters.